The second-order valence-electron chi connectivity index (χ2n) is 12.6. The van der Waals surface area contributed by atoms with Gasteiger partial charge in [-0.1, -0.05) is 12.8 Å². The molecule has 0 aromatic rings. The molecule has 0 bridgehead atoms. The van der Waals surface area contributed by atoms with Gasteiger partial charge in [-0.3, -0.25) is 9.80 Å². The zero-order valence-electron chi connectivity index (χ0n) is 22.1. The number of nitrogens with zero attached hydrogens (tertiary/aromatic N) is 2. The lowest BCUT2D eigenvalue weighted by molar-refractivity contribution is -0.0270. The molecule has 30 heavy (non-hydrogen) atoms. The van der Waals surface area contributed by atoms with Crippen molar-refractivity contribution in [1.82, 2.24) is 20.4 Å². The second kappa shape index (κ2) is 9.77. The first kappa shape index (κ1) is 26.1. The van der Waals surface area contributed by atoms with Gasteiger partial charge in [0.15, 0.2) is 0 Å². The van der Waals surface area contributed by atoms with E-state index in [2.05, 4.69) is 89.9 Å². The van der Waals surface area contributed by atoms with E-state index in [1.165, 1.54) is 51.4 Å². The van der Waals surface area contributed by atoms with Gasteiger partial charge in [-0.2, -0.15) is 0 Å². The predicted molar refractivity (Wildman–Crippen MR) is 132 cm³/mol. The summed E-state index contributed by atoms with van der Waals surface area (Å²) in [5.41, 5.74) is 1.07. The van der Waals surface area contributed by atoms with Crippen LogP contribution >= 0.6 is 0 Å². The van der Waals surface area contributed by atoms with Crippen molar-refractivity contribution in [2.75, 3.05) is 27.2 Å². The number of nitrogens with one attached hydrogen (secondary N) is 2. The van der Waals surface area contributed by atoms with Crippen LogP contribution in [0.2, 0.25) is 0 Å². The average Bonchev–Trinajstić information content (AvgIpc) is 2.64. The van der Waals surface area contributed by atoms with Gasteiger partial charge in [-0.25, -0.2) is 0 Å². The van der Waals surface area contributed by atoms with Crippen molar-refractivity contribution in [1.29, 1.82) is 0 Å². The van der Waals surface area contributed by atoms with Gasteiger partial charge in [0, 0.05) is 34.2 Å². The van der Waals surface area contributed by atoms with Crippen LogP contribution in [0.3, 0.4) is 0 Å². The molecule has 0 saturated carbocycles. The minimum absolute atomic E-state index is 0.222. The summed E-state index contributed by atoms with van der Waals surface area (Å²) in [6, 6.07) is 1.21. The number of likely N-dealkylation sites (tertiary alicyclic amines) is 2. The SMILES string of the molecule is CN1C(C)(C)CCC(NCCCCCCNC2CCC(C)(C)N(C)C2(C)C)C1(C)C. The monoisotopic (exact) mass is 422 g/mol. The Morgan fingerprint density at radius 2 is 0.933 bits per heavy atom. The van der Waals surface area contributed by atoms with Crippen LogP contribution < -0.4 is 10.6 Å². The quantitative estimate of drug-likeness (QED) is 0.510. The van der Waals surface area contributed by atoms with E-state index < -0.39 is 0 Å². The molecule has 0 radical (unpaired) electrons. The van der Waals surface area contributed by atoms with E-state index in [1.54, 1.807) is 0 Å². The van der Waals surface area contributed by atoms with Gasteiger partial charge >= 0.3 is 0 Å². The number of hydrogen-bond acceptors (Lipinski definition) is 4. The van der Waals surface area contributed by atoms with Gasteiger partial charge in [0.2, 0.25) is 0 Å². The van der Waals surface area contributed by atoms with Gasteiger partial charge in [0.1, 0.15) is 0 Å². The fourth-order valence-electron chi connectivity index (χ4n) is 5.92. The highest BCUT2D eigenvalue weighted by Gasteiger charge is 2.45. The van der Waals surface area contributed by atoms with Crippen LogP contribution in [0.15, 0.2) is 0 Å². The predicted octanol–water partition coefficient (Wildman–Crippen LogP) is 5.03. The lowest BCUT2D eigenvalue weighted by Crippen LogP contribution is -2.66. The smallest absolute Gasteiger partial charge is 0.0308 e. The number of hydrogen-bond donors (Lipinski definition) is 2. The van der Waals surface area contributed by atoms with Crippen molar-refractivity contribution < 1.29 is 0 Å². The molecule has 2 atom stereocenters. The first-order valence-corrected chi connectivity index (χ1v) is 12.7. The molecular formula is C26H54N4. The molecule has 2 N–H and O–H groups in total. The Hall–Kier alpha value is -0.160. The summed E-state index contributed by atoms with van der Waals surface area (Å²) in [6.07, 6.45) is 10.4. The van der Waals surface area contributed by atoms with Crippen LogP contribution in [0.25, 0.3) is 0 Å². The maximum absolute atomic E-state index is 3.88. The first-order valence-electron chi connectivity index (χ1n) is 12.7. The van der Waals surface area contributed by atoms with Crippen molar-refractivity contribution in [2.45, 2.75) is 141 Å². The van der Waals surface area contributed by atoms with E-state index in [0.717, 1.165) is 13.1 Å². The molecule has 0 aromatic heterocycles. The fraction of sp³-hybridized carbons (Fsp3) is 1.00. The van der Waals surface area contributed by atoms with Gasteiger partial charge in [-0.15, -0.1) is 0 Å². The lowest BCUT2D eigenvalue weighted by atomic mass is 9.77. The highest BCUT2D eigenvalue weighted by Crippen LogP contribution is 2.37. The fourth-order valence-corrected chi connectivity index (χ4v) is 5.92. The van der Waals surface area contributed by atoms with E-state index in [4.69, 9.17) is 0 Å². The summed E-state index contributed by atoms with van der Waals surface area (Å²) in [7, 11) is 4.60. The van der Waals surface area contributed by atoms with Crippen LogP contribution in [-0.4, -0.2) is 71.2 Å². The Bertz CT molecular complexity index is 489. The first-order chi connectivity index (χ1) is 13.7. The van der Waals surface area contributed by atoms with Gasteiger partial charge in [0.05, 0.1) is 0 Å². The highest BCUT2D eigenvalue weighted by molar-refractivity contribution is 5.04. The average molecular weight is 423 g/mol. The molecule has 2 unspecified atom stereocenters. The maximum Gasteiger partial charge on any atom is 0.0308 e. The Balaban J connectivity index is 1.60. The molecule has 4 nitrogen and oxygen atoms in total. The van der Waals surface area contributed by atoms with Crippen LogP contribution in [0.5, 0.6) is 0 Å². The molecule has 178 valence electrons. The largest absolute Gasteiger partial charge is 0.312 e. The van der Waals surface area contributed by atoms with Crippen LogP contribution in [-0.2, 0) is 0 Å². The summed E-state index contributed by atoms with van der Waals surface area (Å²) in [5.74, 6) is 0. The number of piperidine rings is 2. The van der Waals surface area contributed by atoms with Crippen molar-refractivity contribution in [2.24, 2.45) is 0 Å². The van der Waals surface area contributed by atoms with Crippen molar-refractivity contribution >= 4 is 0 Å². The Morgan fingerprint density at radius 1 is 0.600 bits per heavy atom. The molecule has 2 heterocycles. The summed E-state index contributed by atoms with van der Waals surface area (Å²) in [6.45, 7) is 21.5. The normalized spacial score (nSPS) is 31.0. The Kier molecular flexibility index (Phi) is 8.50. The zero-order valence-corrected chi connectivity index (χ0v) is 22.1. The number of likely N-dealkylation sites (N-methyl/N-ethyl adjacent to an activating group) is 2. The van der Waals surface area contributed by atoms with Crippen LogP contribution in [0.4, 0.5) is 0 Å². The zero-order chi connectivity index (χ0) is 22.8. The van der Waals surface area contributed by atoms with E-state index in [0.29, 0.717) is 23.2 Å². The van der Waals surface area contributed by atoms with E-state index in [1.807, 2.05) is 0 Å². The molecule has 2 fully saturated rings. The third-order valence-corrected chi connectivity index (χ3v) is 9.23. The molecular weight excluding hydrogens is 368 g/mol. The topological polar surface area (TPSA) is 30.5 Å². The summed E-state index contributed by atoms with van der Waals surface area (Å²) in [4.78, 5) is 5.16. The van der Waals surface area contributed by atoms with Crippen LogP contribution in [0.1, 0.15) is 107 Å². The molecule has 2 saturated heterocycles. The number of rotatable bonds is 9. The minimum Gasteiger partial charge on any atom is -0.312 e. The van der Waals surface area contributed by atoms with Crippen molar-refractivity contribution in [3.05, 3.63) is 0 Å². The standard InChI is InChI=1S/C26H54N4/c1-23(2)17-15-21(25(5,6)29(23)9)27-19-13-11-12-14-20-28-22-16-18-24(3,4)30(10)26(22,7)8/h21-22,27-28H,11-20H2,1-10H3. The summed E-state index contributed by atoms with van der Waals surface area (Å²) < 4.78 is 0. The maximum atomic E-state index is 3.88. The third-order valence-electron chi connectivity index (χ3n) is 9.23. The summed E-state index contributed by atoms with van der Waals surface area (Å²) in [5, 5.41) is 7.77. The van der Waals surface area contributed by atoms with E-state index >= 15 is 0 Å². The van der Waals surface area contributed by atoms with E-state index in [9.17, 15) is 0 Å². The molecule has 0 spiro atoms. The molecule has 2 rings (SSSR count). The summed E-state index contributed by atoms with van der Waals surface area (Å²) >= 11 is 0. The molecule has 2 aliphatic rings. The van der Waals surface area contributed by atoms with E-state index in [-0.39, 0.29) is 11.1 Å². The Labute approximate surface area is 188 Å². The third kappa shape index (κ3) is 5.79. The molecule has 0 aliphatic carbocycles. The van der Waals surface area contributed by atoms with Crippen LogP contribution in [0, 0.1) is 0 Å². The lowest BCUT2D eigenvalue weighted by Gasteiger charge is -2.55. The van der Waals surface area contributed by atoms with Gasteiger partial charge in [-0.05, 0) is 121 Å². The molecule has 2 aliphatic heterocycles. The highest BCUT2D eigenvalue weighted by atomic mass is 15.3. The molecule has 0 amide bonds. The van der Waals surface area contributed by atoms with Gasteiger partial charge < -0.3 is 10.6 Å². The second-order valence-corrected chi connectivity index (χ2v) is 12.6. The Morgan fingerprint density at radius 3 is 1.27 bits per heavy atom. The number of unbranched alkanes of at least 4 members (excludes halogenated alkanes) is 3. The van der Waals surface area contributed by atoms with Crippen molar-refractivity contribution in [3.8, 4) is 0 Å². The van der Waals surface area contributed by atoms with Gasteiger partial charge in [0.25, 0.3) is 0 Å². The molecule has 4 heteroatoms. The van der Waals surface area contributed by atoms with Crippen molar-refractivity contribution in [3.63, 3.8) is 0 Å². The minimum atomic E-state index is 0.222. The molecule has 0 aromatic carbocycles.